The second-order valence-corrected chi connectivity index (χ2v) is 12.5. The zero-order chi connectivity index (χ0) is 28.2. The molecular formula is C26H20N2O8S3. The minimum absolute atomic E-state index is 0.0212. The van der Waals surface area contributed by atoms with E-state index in [0.717, 1.165) is 0 Å². The van der Waals surface area contributed by atoms with Crippen LogP contribution in [-0.4, -0.2) is 39.0 Å². The fourth-order valence-corrected chi connectivity index (χ4v) is 6.28. The molecule has 4 rings (SSSR count). The highest BCUT2D eigenvalue weighted by Gasteiger charge is 2.17. The van der Waals surface area contributed by atoms with Crippen LogP contribution in [0.15, 0.2) is 117 Å². The smallest absolute Gasteiger partial charge is 0.335 e. The third kappa shape index (κ3) is 6.96. The maximum Gasteiger partial charge on any atom is 0.335 e. The number of nitrogens with one attached hydrogen (secondary N) is 2. The van der Waals surface area contributed by atoms with Crippen molar-refractivity contribution in [2.45, 2.75) is 19.6 Å². The Morgan fingerprint density at radius 1 is 0.564 bits per heavy atom. The molecule has 0 heterocycles. The number of hydrogen-bond acceptors (Lipinski definition) is 7. The molecule has 13 heteroatoms. The van der Waals surface area contributed by atoms with E-state index in [1.807, 2.05) is 0 Å². The van der Waals surface area contributed by atoms with Gasteiger partial charge in [0.25, 0.3) is 20.0 Å². The molecule has 10 nitrogen and oxygen atoms in total. The van der Waals surface area contributed by atoms with Gasteiger partial charge in [-0.1, -0.05) is 23.9 Å². The van der Waals surface area contributed by atoms with Gasteiger partial charge in [0.1, 0.15) is 0 Å². The van der Waals surface area contributed by atoms with Crippen LogP contribution in [0.2, 0.25) is 0 Å². The fraction of sp³-hybridized carbons (Fsp3) is 0. The summed E-state index contributed by atoms with van der Waals surface area (Å²) < 4.78 is 55.5. The molecule has 0 radical (unpaired) electrons. The zero-order valence-corrected chi connectivity index (χ0v) is 22.3. The Balaban J connectivity index is 1.43. The van der Waals surface area contributed by atoms with E-state index in [4.69, 9.17) is 10.2 Å². The molecule has 0 aliphatic carbocycles. The van der Waals surface area contributed by atoms with Crippen molar-refractivity contribution in [1.29, 1.82) is 0 Å². The van der Waals surface area contributed by atoms with Gasteiger partial charge in [0, 0.05) is 21.2 Å². The SMILES string of the molecule is O=C(O)c1cccc(NS(=O)(=O)c2ccc(Sc3ccc(S(=O)(=O)Nc4cccc(C(=O)O)c4)cc3)cc2)c1. The first kappa shape index (κ1) is 27.7. The normalized spacial score (nSPS) is 11.5. The van der Waals surface area contributed by atoms with E-state index in [1.165, 1.54) is 84.6 Å². The largest absolute Gasteiger partial charge is 0.478 e. The fourth-order valence-electron chi connectivity index (χ4n) is 3.37. The Morgan fingerprint density at radius 3 is 1.26 bits per heavy atom. The molecule has 0 aromatic heterocycles. The summed E-state index contributed by atoms with van der Waals surface area (Å²) in [5.74, 6) is -2.35. The van der Waals surface area contributed by atoms with Crippen molar-refractivity contribution in [1.82, 2.24) is 0 Å². The summed E-state index contributed by atoms with van der Waals surface area (Å²) >= 11 is 1.28. The Morgan fingerprint density at radius 2 is 0.923 bits per heavy atom. The first-order valence-corrected chi connectivity index (χ1v) is 14.8. The molecule has 0 amide bonds. The Bertz CT molecular complexity index is 1620. The molecule has 200 valence electrons. The number of carbonyl (C=O) groups is 2. The summed E-state index contributed by atoms with van der Waals surface area (Å²) in [6, 6.07) is 22.9. The lowest BCUT2D eigenvalue weighted by molar-refractivity contribution is 0.0686. The molecular weight excluding hydrogens is 564 g/mol. The molecule has 0 saturated carbocycles. The van der Waals surface area contributed by atoms with Crippen LogP contribution < -0.4 is 9.44 Å². The molecule has 4 aromatic rings. The average molecular weight is 585 g/mol. The second-order valence-electron chi connectivity index (χ2n) is 8.03. The number of benzene rings is 4. The number of rotatable bonds is 10. The van der Waals surface area contributed by atoms with Crippen LogP contribution in [0.3, 0.4) is 0 Å². The van der Waals surface area contributed by atoms with Gasteiger partial charge in [-0.2, -0.15) is 0 Å². The van der Waals surface area contributed by atoms with E-state index < -0.39 is 32.0 Å². The molecule has 4 aromatic carbocycles. The number of sulfonamides is 2. The minimum atomic E-state index is -3.96. The third-order valence-electron chi connectivity index (χ3n) is 5.23. The third-order valence-corrected chi connectivity index (χ3v) is 9.04. The summed E-state index contributed by atoms with van der Waals surface area (Å²) in [7, 11) is -7.92. The predicted molar refractivity (Wildman–Crippen MR) is 145 cm³/mol. The van der Waals surface area contributed by atoms with Gasteiger partial charge < -0.3 is 10.2 Å². The van der Waals surface area contributed by atoms with Crippen LogP contribution in [-0.2, 0) is 20.0 Å². The van der Waals surface area contributed by atoms with Crippen LogP contribution in [0.5, 0.6) is 0 Å². The lowest BCUT2D eigenvalue weighted by Crippen LogP contribution is -2.13. The first-order chi connectivity index (χ1) is 18.4. The van der Waals surface area contributed by atoms with Crippen LogP contribution in [0.1, 0.15) is 20.7 Å². The van der Waals surface area contributed by atoms with Gasteiger partial charge in [-0.05, 0) is 84.9 Å². The topological polar surface area (TPSA) is 167 Å². The molecule has 0 spiro atoms. The van der Waals surface area contributed by atoms with E-state index >= 15 is 0 Å². The number of hydrogen-bond donors (Lipinski definition) is 4. The quantitative estimate of drug-likeness (QED) is 0.204. The van der Waals surface area contributed by atoms with Crippen LogP contribution >= 0.6 is 11.8 Å². The van der Waals surface area contributed by atoms with Gasteiger partial charge in [-0.15, -0.1) is 0 Å². The number of aromatic carboxylic acids is 2. The summed E-state index contributed by atoms with van der Waals surface area (Å²) in [6.45, 7) is 0. The number of anilines is 2. The van der Waals surface area contributed by atoms with Gasteiger partial charge in [0.05, 0.1) is 20.9 Å². The zero-order valence-electron chi connectivity index (χ0n) is 19.8. The van der Waals surface area contributed by atoms with Crippen molar-refractivity contribution in [3.63, 3.8) is 0 Å². The van der Waals surface area contributed by atoms with Crippen molar-refractivity contribution in [3.8, 4) is 0 Å². The van der Waals surface area contributed by atoms with Gasteiger partial charge in [-0.25, -0.2) is 26.4 Å². The molecule has 0 saturated heterocycles. The first-order valence-electron chi connectivity index (χ1n) is 11.0. The van der Waals surface area contributed by atoms with E-state index in [1.54, 1.807) is 24.3 Å². The van der Waals surface area contributed by atoms with E-state index in [-0.39, 0.29) is 32.3 Å². The molecule has 0 fully saturated rings. The molecule has 0 aliphatic heterocycles. The van der Waals surface area contributed by atoms with Gasteiger partial charge >= 0.3 is 11.9 Å². The summed E-state index contributed by atoms with van der Waals surface area (Å²) in [6.07, 6.45) is 0. The molecule has 0 atom stereocenters. The van der Waals surface area contributed by atoms with Crippen molar-refractivity contribution >= 4 is 55.1 Å². The van der Waals surface area contributed by atoms with Crippen LogP contribution in [0, 0.1) is 0 Å². The highest BCUT2D eigenvalue weighted by Crippen LogP contribution is 2.30. The van der Waals surface area contributed by atoms with Crippen LogP contribution in [0.4, 0.5) is 11.4 Å². The van der Waals surface area contributed by atoms with Gasteiger partial charge in [-0.3, -0.25) is 9.44 Å². The molecule has 4 N–H and O–H groups in total. The average Bonchev–Trinajstić information content (AvgIpc) is 2.89. The molecule has 0 bridgehead atoms. The van der Waals surface area contributed by atoms with Gasteiger partial charge in [0.15, 0.2) is 0 Å². The molecule has 0 aliphatic rings. The van der Waals surface area contributed by atoms with E-state index in [0.29, 0.717) is 9.79 Å². The summed E-state index contributed by atoms with van der Waals surface area (Å²) in [4.78, 5) is 23.6. The Labute approximate surface area is 228 Å². The maximum absolute atomic E-state index is 12.7. The monoisotopic (exact) mass is 584 g/mol. The van der Waals surface area contributed by atoms with Crippen molar-refractivity contribution in [2.75, 3.05) is 9.44 Å². The highest BCUT2D eigenvalue weighted by atomic mass is 32.2. The Kier molecular flexibility index (Phi) is 7.95. The summed E-state index contributed by atoms with van der Waals surface area (Å²) in [5.41, 5.74) is 0.132. The second kappa shape index (κ2) is 11.2. The van der Waals surface area contributed by atoms with Crippen LogP contribution in [0.25, 0.3) is 0 Å². The van der Waals surface area contributed by atoms with Gasteiger partial charge in [0.2, 0.25) is 0 Å². The lowest BCUT2D eigenvalue weighted by atomic mass is 10.2. The minimum Gasteiger partial charge on any atom is -0.478 e. The van der Waals surface area contributed by atoms with E-state index in [9.17, 15) is 26.4 Å². The Hall–Kier alpha value is -4.33. The standard InChI is InChI=1S/C26H20N2O8S3/c29-25(30)17-3-1-5-19(15-17)27-38(33,34)23-11-7-21(8-12-23)37-22-9-13-24(14-10-22)39(35,36)28-20-6-2-4-18(16-20)26(31)32/h1-16,27-28H,(H,29,30)(H,31,32). The van der Waals surface area contributed by atoms with Crippen molar-refractivity contribution in [2.24, 2.45) is 0 Å². The number of carboxylic acids is 2. The lowest BCUT2D eigenvalue weighted by Gasteiger charge is -2.10. The molecule has 0 unspecified atom stereocenters. The van der Waals surface area contributed by atoms with Crippen molar-refractivity contribution < 1.29 is 36.6 Å². The van der Waals surface area contributed by atoms with Crippen molar-refractivity contribution in [3.05, 3.63) is 108 Å². The number of carboxylic acid groups (broad SMARTS) is 2. The predicted octanol–water partition coefficient (Wildman–Crippen LogP) is 4.84. The summed E-state index contributed by atoms with van der Waals surface area (Å²) in [5, 5.41) is 18.2. The molecule has 39 heavy (non-hydrogen) atoms. The maximum atomic E-state index is 12.7. The highest BCUT2D eigenvalue weighted by molar-refractivity contribution is 7.99. The van der Waals surface area contributed by atoms with E-state index in [2.05, 4.69) is 9.44 Å².